The summed E-state index contributed by atoms with van der Waals surface area (Å²) in [4.78, 5) is 0. The van der Waals surface area contributed by atoms with E-state index in [1.807, 2.05) is 0 Å². The van der Waals surface area contributed by atoms with Gasteiger partial charge in [-0.25, -0.2) is 0 Å². The first-order chi connectivity index (χ1) is 25.1. The first-order valence-electron chi connectivity index (χ1n) is 19.0. The molecule has 0 nitrogen and oxygen atoms in total. The van der Waals surface area contributed by atoms with Crippen molar-refractivity contribution >= 4 is 32.3 Å². The van der Waals surface area contributed by atoms with Gasteiger partial charge in [0.15, 0.2) is 0 Å². The van der Waals surface area contributed by atoms with Crippen molar-refractivity contribution < 1.29 is 0 Å². The van der Waals surface area contributed by atoms with Gasteiger partial charge in [-0.2, -0.15) is 0 Å². The van der Waals surface area contributed by atoms with Crippen LogP contribution in [0.25, 0.3) is 76.8 Å². The van der Waals surface area contributed by atoms with Gasteiger partial charge in [0, 0.05) is 0 Å². The largest absolute Gasteiger partial charge is 0.0622 e. The molecular formula is C52H44. The molecule has 0 heterocycles. The molecule has 0 aliphatic heterocycles. The minimum absolute atomic E-state index is 0.0587. The van der Waals surface area contributed by atoms with Crippen LogP contribution in [0.4, 0.5) is 0 Å². The Morgan fingerprint density at radius 2 is 0.750 bits per heavy atom. The molecule has 0 unspecified atom stereocenters. The van der Waals surface area contributed by atoms with E-state index in [9.17, 15) is 0 Å². The van der Waals surface area contributed by atoms with E-state index in [1.165, 1.54) is 110 Å². The lowest BCUT2D eigenvalue weighted by atomic mass is 9.73. The van der Waals surface area contributed by atoms with Gasteiger partial charge in [-0.1, -0.05) is 175 Å². The molecule has 0 amide bonds. The summed E-state index contributed by atoms with van der Waals surface area (Å²) in [6.45, 7) is 14.5. The zero-order valence-electron chi connectivity index (χ0n) is 31.1. The molecule has 2 aliphatic rings. The second-order valence-corrected chi connectivity index (χ2v) is 17.2. The van der Waals surface area contributed by atoms with Crippen LogP contribution in [0, 0.1) is 0 Å². The molecule has 0 fully saturated rings. The standard InChI is InChI=1S/C52H44/c1-51(2,3)49-38-27-25-33-26-28-39-48(44(33)47(38)42(31-17-9-7-10-18-31)45-36-23-15-13-21-34(36)29-40(45)49)43(32-19-11-8-12-20-32)46-37-24-16-14-22-35(37)30-41(46)50(39)52(4,5)6/h7-28H,29-30H2,1-6H3. The minimum Gasteiger partial charge on any atom is -0.0622 e. The maximum Gasteiger partial charge on any atom is -0.00101 e. The molecule has 0 bridgehead atoms. The van der Waals surface area contributed by atoms with Crippen LogP contribution in [0.1, 0.15) is 74.9 Å². The SMILES string of the molecule is CC(C)(C)c1c2c(c(-c3ccccc3)c3c1ccc1ccc4c(C(C)(C)C)c5c(c(-c6ccccc6)c4c13)-c1ccccc1C5)-c1ccccc1C2. The summed E-state index contributed by atoms with van der Waals surface area (Å²) in [5, 5.41) is 8.22. The number of hydrogen-bond acceptors (Lipinski definition) is 0. The van der Waals surface area contributed by atoms with Crippen LogP contribution >= 0.6 is 0 Å². The Bertz CT molecular complexity index is 2580. The van der Waals surface area contributed by atoms with Crippen molar-refractivity contribution in [2.45, 2.75) is 65.2 Å². The molecule has 8 aromatic rings. The van der Waals surface area contributed by atoms with Crippen molar-refractivity contribution in [3.05, 3.63) is 167 Å². The highest BCUT2D eigenvalue weighted by Crippen LogP contribution is 2.57. The number of rotatable bonds is 2. The summed E-state index contributed by atoms with van der Waals surface area (Å²) in [5.74, 6) is 0. The van der Waals surface area contributed by atoms with E-state index >= 15 is 0 Å². The van der Waals surface area contributed by atoms with Crippen molar-refractivity contribution in [1.29, 1.82) is 0 Å². The molecular weight excluding hydrogens is 625 g/mol. The molecule has 0 spiro atoms. The molecule has 0 aromatic heterocycles. The van der Waals surface area contributed by atoms with Gasteiger partial charge in [0.2, 0.25) is 0 Å². The maximum absolute atomic E-state index is 2.45. The zero-order chi connectivity index (χ0) is 35.5. The van der Waals surface area contributed by atoms with Gasteiger partial charge >= 0.3 is 0 Å². The predicted octanol–water partition coefficient (Wildman–Crippen LogP) is 14.2. The van der Waals surface area contributed by atoms with Gasteiger partial charge in [0.25, 0.3) is 0 Å². The van der Waals surface area contributed by atoms with E-state index in [0.29, 0.717) is 0 Å². The summed E-state index contributed by atoms with van der Waals surface area (Å²) in [6.07, 6.45) is 1.93. The molecule has 0 heteroatoms. The van der Waals surface area contributed by atoms with Crippen LogP contribution in [-0.2, 0) is 23.7 Å². The van der Waals surface area contributed by atoms with Gasteiger partial charge in [-0.05, 0) is 134 Å². The normalized spacial score (nSPS) is 13.4. The highest BCUT2D eigenvalue weighted by molar-refractivity contribution is 6.31. The molecule has 10 rings (SSSR count). The summed E-state index contributed by atoms with van der Waals surface area (Å²) < 4.78 is 0. The molecule has 2 aliphatic carbocycles. The summed E-state index contributed by atoms with van der Waals surface area (Å²) in [7, 11) is 0. The van der Waals surface area contributed by atoms with Crippen LogP contribution in [0.2, 0.25) is 0 Å². The van der Waals surface area contributed by atoms with E-state index in [4.69, 9.17) is 0 Å². The quantitative estimate of drug-likeness (QED) is 0.161. The van der Waals surface area contributed by atoms with Crippen LogP contribution < -0.4 is 0 Å². The van der Waals surface area contributed by atoms with Crippen LogP contribution in [-0.4, -0.2) is 0 Å². The van der Waals surface area contributed by atoms with Gasteiger partial charge < -0.3 is 0 Å². The number of fused-ring (bicyclic) bond motifs is 11. The highest BCUT2D eigenvalue weighted by atomic mass is 14.4. The fraction of sp³-hybridized carbons (Fsp3) is 0.192. The molecule has 0 saturated carbocycles. The zero-order valence-corrected chi connectivity index (χ0v) is 31.1. The van der Waals surface area contributed by atoms with Crippen LogP contribution in [0.5, 0.6) is 0 Å². The molecule has 0 saturated heterocycles. The smallest absolute Gasteiger partial charge is 0.00101 e. The maximum atomic E-state index is 2.45. The Morgan fingerprint density at radius 3 is 1.15 bits per heavy atom. The van der Waals surface area contributed by atoms with Crippen molar-refractivity contribution in [2.75, 3.05) is 0 Å². The van der Waals surface area contributed by atoms with Gasteiger partial charge in [0.05, 0.1) is 0 Å². The van der Waals surface area contributed by atoms with Crippen molar-refractivity contribution in [3.63, 3.8) is 0 Å². The summed E-state index contributed by atoms with van der Waals surface area (Å²) in [5.41, 5.74) is 19.6. The molecule has 252 valence electrons. The third-order valence-corrected chi connectivity index (χ3v) is 11.9. The fourth-order valence-electron chi connectivity index (χ4n) is 10.1. The lowest BCUT2D eigenvalue weighted by Gasteiger charge is -2.30. The van der Waals surface area contributed by atoms with E-state index in [0.717, 1.165) is 12.8 Å². The molecule has 0 N–H and O–H groups in total. The number of benzene rings is 8. The average Bonchev–Trinajstić information content (AvgIpc) is 3.70. The van der Waals surface area contributed by atoms with E-state index in [1.54, 1.807) is 0 Å². The second kappa shape index (κ2) is 11.0. The monoisotopic (exact) mass is 668 g/mol. The molecule has 0 atom stereocenters. The van der Waals surface area contributed by atoms with Crippen molar-refractivity contribution in [2.24, 2.45) is 0 Å². The summed E-state index contributed by atoms with van der Waals surface area (Å²) >= 11 is 0. The van der Waals surface area contributed by atoms with Gasteiger partial charge in [-0.15, -0.1) is 0 Å². The van der Waals surface area contributed by atoms with E-state index in [-0.39, 0.29) is 10.8 Å². The van der Waals surface area contributed by atoms with Crippen LogP contribution in [0.15, 0.2) is 133 Å². The Labute approximate surface area is 307 Å². The Balaban J connectivity index is 1.55. The predicted molar refractivity (Wildman–Crippen MR) is 224 cm³/mol. The van der Waals surface area contributed by atoms with E-state index < -0.39 is 0 Å². The van der Waals surface area contributed by atoms with Crippen LogP contribution in [0.3, 0.4) is 0 Å². The third kappa shape index (κ3) is 4.40. The fourth-order valence-corrected chi connectivity index (χ4v) is 10.1. The molecule has 8 aromatic carbocycles. The number of hydrogen-bond donors (Lipinski definition) is 0. The van der Waals surface area contributed by atoms with Crippen molar-refractivity contribution in [1.82, 2.24) is 0 Å². The second-order valence-electron chi connectivity index (χ2n) is 17.2. The average molecular weight is 669 g/mol. The minimum atomic E-state index is -0.0587. The van der Waals surface area contributed by atoms with Gasteiger partial charge in [0.1, 0.15) is 0 Å². The lowest BCUT2D eigenvalue weighted by Crippen LogP contribution is -2.16. The Hall–Kier alpha value is -5.46. The molecule has 52 heavy (non-hydrogen) atoms. The highest BCUT2D eigenvalue weighted by Gasteiger charge is 2.36. The van der Waals surface area contributed by atoms with Crippen molar-refractivity contribution in [3.8, 4) is 44.5 Å². The topological polar surface area (TPSA) is 0 Å². The first kappa shape index (κ1) is 31.3. The third-order valence-electron chi connectivity index (χ3n) is 11.9. The van der Waals surface area contributed by atoms with Gasteiger partial charge in [-0.3, -0.25) is 0 Å². The molecule has 0 radical (unpaired) electrons. The Morgan fingerprint density at radius 1 is 0.365 bits per heavy atom. The lowest BCUT2D eigenvalue weighted by molar-refractivity contribution is 0.591. The Kier molecular flexibility index (Phi) is 6.63. The van der Waals surface area contributed by atoms with E-state index in [2.05, 4.69) is 175 Å². The summed E-state index contributed by atoms with van der Waals surface area (Å²) in [6, 6.07) is 50.6. The first-order valence-corrected chi connectivity index (χ1v) is 19.0.